The number of guanidine groups is 1. The third-order valence-electron chi connectivity index (χ3n) is 1.89. The number of rotatable bonds is 7. The van der Waals surface area contributed by atoms with Crippen LogP contribution < -0.4 is 15.4 Å². The predicted molar refractivity (Wildman–Crippen MR) is 82.5 cm³/mol. The summed E-state index contributed by atoms with van der Waals surface area (Å²) in [7, 11) is -1.41. The van der Waals surface area contributed by atoms with E-state index in [1.165, 1.54) is 0 Å². The molecule has 0 aliphatic carbocycles. The molecule has 0 aliphatic heterocycles. The molecule has 0 heterocycles. The number of hydrogen-bond donors (Lipinski definition) is 3. The molecule has 0 saturated carbocycles. The molecule has 3 N–H and O–H groups in total. The molecular weight excluding hydrogens is 355 g/mol. The number of nitrogens with one attached hydrogen (secondary N) is 3. The Kier molecular flexibility index (Phi) is 12.5. The Morgan fingerprint density at radius 3 is 2.18 bits per heavy atom. The van der Waals surface area contributed by atoms with E-state index in [0.717, 1.165) is 13.0 Å². The Morgan fingerprint density at radius 1 is 1.12 bits per heavy atom. The molecule has 8 heteroatoms. The third-order valence-corrected chi connectivity index (χ3v) is 3.29. The SMILES string of the molecule is CCCNC(=NC)NCCNS(=O)(=O)CC.I. The molecule has 0 unspecified atom stereocenters. The van der Waals surface area contributed by atoms with Gasteiger partial charge in [-0.05, 0) is 13.3 Å². The van der Waals surface area contributed by atoms with Gasteiger partial charge in [0.05, 0.1) is 5.75 Å². The minimum Gasteiger partial charge on any atom is -0.356 e. The van der Waals surface area contributed by atoms with Crippen molar-refractivity contribution in [2.45, 2.75) is 20.3 Å². The van der Waals surface area contributed by atoms with Gasteiger partial charge in [0, 0.05) is 26.7 Å². The maximum atomic E-state index is 11.1. The second-order valence-electron chi connectivity index (χ2n) is 3.22. The fourth-order valence-electron chi connectivity index (χ4n) is 0.954. The van der Waals surface area contributed by atoms with Crippen LogP contribution in [0.1, 0.15) is 20.3 Å². The summed E-state index contributed by atoms with van der Waals surface area (Å²) < 4.78 is 24.7. The summed E-state index contributed by atoms with van der Waals surface area (Å²) in [5.41, 5.74) is 0. The lowest BCUT2D eigenvalue weighted by Gasteiger charge is -2.11. The highest BCUT2D eigenvalue weighted by atomic mass is 127. The molecule has 0 rings (SSSR count). The number of halogens is 1. The highest BCUT2D eigenvalue weighted by Crippen LogP contribution is 1.80. The summed E-state index contributed by atoms with van der Waals surface area (Å²) in [6.45, 7) is 5.40. The van der Waals surface area contributed by atoms with Crippen LogP contribution in [0.15, 0.2) is 4.99 Å². The Labute approximate surface area is 121 Å². The second-order valence-corrected chi connectivity index (χ2v) is 5.32. The number of aliphatic imine (C=N–C) groups is 1. The second kappa shape index (κ2) is 11.0. The van der Waals surface area contributed by atoms with E-state index in [0.29, 0.717) is 19.0 Å². The average Bonchev–Trinajstić information content (AvgIpc) is 2.28. The summed E-state index contributed by atoms with van der Waals surface area (Å²) in [5.74, 6) is 0.799. The number of nitrogens with zero attached hydrogens (tertiary/aromatic N) is 1. The molecule has 17 heavy (non-hydrogen) atoms. The molecule has 0 fully saturated rings. The summed E-state index contributed by atoms with van der Waals surface area (Å²) in [5, 5.41) is 6.11. The molecule has 0 bridgehead atoms. The Hall–Kier alpha value is -0.0900. The van der Waals surface area contributed by atoms with Crippen LogP contribution in [0.5, 0.6) is 0 Å². The van der Waals surface area contributed by atoms with Gasteiger partial charge in [-0.3, -0.25) is 4.99 Å². The smallest absolute Gasteiger partial charge is 0.211 e. The fraction of sp³-hybridized carbons (Fsp3) is 0.889. The van der Waals surface area contributed by atoms with Gasteiger partial charge in [0.25, 0.3) is 0 Å². The van der Waals surface area contributed by atoms with Crippen LogP contribution in [0.2, 0.25) is 0 Å². The maximum absolute atomic E-state index is 11.1. The zero-order chi connectivity index (χ0) is 12.4. The van der Waals surface area contributed by atoms with Crippen LogP contribution in [-0.4, -0.2) is 46.8 Å². The summed E-state index contributed by atoms with van der Waals surface area (Å²) in [6, 6.07) is 0. The van der Waals surface area contributed by atoms with Gasteiger partial charge in [0.2, 0.25) is 10.0 Å². The van der Waals surface area contributed by atoms with E-state index in [1.807, 2.05) is 0 Å². The normalized spacial score (nSPS) is 11.8. The van der Waals surface area contributed by atoms with Crippen molar-refractivity contribution < 1.29 is 8.42 Å². The lowest BCUT2D eigenvalue weighted by molar-refractivity contribution is 0.582. The number of sulfonamides is 1. The summed E-state index contributed by atoms with van der Waals surface area (Å²) in [6.07, 6.45) is 1.02. The Morgan fingerprint density at radius 2 is 1.71 bits per heavy atom. The van der Waals surface area contributed by atoms with Crippen molar-refractivity contribution >= 4 is 40.0 Å². The summed E-state index contributed by atoms with van der Waals surface area (Å²) in [4.78, 5) is 4.00. The van der Waals surface area contributed by atoms with Crippen LogP contribution in [0.3, 0.4) is 0 Å². The highest BCUT2D eigenvalue weighted by Gasteiger charge is 2.04. The predicted octanol–water partition coefficient (Wildman–Crippen LogP) is 0.119. The van der Waals surface area contributed by atoms with Crippen LogP contribution in [0, 0.1) is 0 Å². The first kappa shape index (κ1) is 19.3. The average molecular weight is 378 g/mol. The molecular formula is C9H23IN4O2S. The van der Waals surface area contributed by atoms with Crippen LogP contribution in [-0.2, 0) is 10.0 Å². The van der Waals surface area contributed by atoms with Crippen molar-refractivity contribution in [2.24, 2.45) is 4.99 Å². The molecule has 6 nitrogen and oxygen atoms in total. The van der Waals surface area contributed by atoms with Gasteiger partial charge in [-0.2, -0.15) is 0 Å². The lowest BCUT2D eigenvalue weighted by atomic mass is 10.5. The quantitative estimate of drug-likeness (QED) is 0.254. The molecule has 0 aromatic heterocycles. The largest absolute Gasteiger partial charge is 0.356 e. The van der Waals surface area contributed by atoms with Gasteiger partial charge < -0.3 is 10.6 Å². The van der Waals surface area contributed by atoms with E-state index in [9.17, 15) is 8.42 Å². The van der Waals surface area contributed by atoms with Gasteiger partial charge in [-0.25, -0.2) is 13.1 Å². The Bertz CT molecular complexity index is 306. The molecule has 0 aromatic rings. The van der Waals surface area contributed by atoms with Crippen molar-refractivity contribution in [2.75, 3.05) is 32.4 Å². The van der Waals surface area contributed by atoms with Crippen LogP contribution >= 0.6 is 24.0 Å². The molecule has 0 atom stereocenters. The van der Waals surface area contributed by atoms with Crippen molar-refractivity contribution in [3.63, 3.8) is 0 Å². The van der Waals surface area contributed by atoms with Crippen molar-refractivity contribution in [1.29, 1.82) is 0 Å². The van der Waals surface area contributed by atoms with E-state index >= 15 is 0 Å². The van der Waals surface area contributed by atoms with E-state index in [1.54, 1.807) is 14.0 Å². The molecule has 0 aliphatic rings. The van der Waals surface area contributed by atoms with Gasteiger partial charge in [-0.1, -0.05) is 6.92 Å². The first-order valence-corrected chi connectivity index (χ1v) is 7.12. The molecule has 0 radical (unpaired) electrons. The van der Waals surface area contributed by atoms with Crippen LogP contribution in [0.25, 0.3) is 0 Å². The maximum Gasteiger partial charge on any atom is 0.211 e. The van der Waals surface area contributed by atoms with E-state index in [-0.39, 0.29) is 29.7 Å². The van der Waals surface area contributed by atoms with E-state index in [4.69, 9.17) is 0 Å². The van der Waals surface area contributed by atoms with Crippen LogP contribution in [0.4, 0.5) is 0 Å². The van der Waals surface area contributed by atoms with Crippen molar-refractivity contribution in [3.8, 4) is 0 Å². The van der Waals surface area contributed by atoms with Gasteiger partial charge >= 0.3 is 0 Å². The zero-order valence-corrected chi connectivity index (χ0v) is 13.8. The lowest BCUT2D eigenvalue weighted by Crippen LogP contribution is -2.41. The summed E-state index contributed by atoms with van der Waals surface area (Å²) >= 11 is 0. The third kappa shape index (κ3) is 10.8. The molecule has 0 spiro atoms. The molecule has 0 amide bonds. The topological polar surface area (TPSA) is 82.6 Å². The standard InChI is InChI=1S/C9H22N4O2S.HI/c1-4-6-11-9(10-3)12-7-8-13-16(14,15)5-2;/h13H,4-8H2,1-3H3,(H2,10,11,12);1H. The van der Waals surface area contributed by atoms with Gasteiger partial charge in [0.1, 0.15) is 0 Å². The minimum absolute atomic E-state index is 0. The first-order chi connectivity index (χ1) is 7.55. The minimum atomic E-state index is -3.09. The molecule has 0 aromatic carbocycles. The fourth-order valence-corrected chi connectivity index (χ4v) is 1.57. The van der Waals surface area contributed by atoms with E-state index in [2.05, 4.69) is 27.3 Å². The molecule has 104 valence electrons. The highest BCUT2D eigenvalue weighted by molar-refractivity contribution is 14.0. The van der Waals surface area contributed by atoms with Gasteiger partial charge in [-0.15, -0.1) is 24.0 Å². The van der Waals surface area contributed by atoms with Gasteiger partial charge in [0.15, 0.2) is 5.96 Å². The number of hydrogen-bond acceptors (Lipinski definition) is 3. The molecule has 0 saturated heterocycles. The first-order valence-electron chi connectivity index (χ1n) is 5.47. The van der Waals surface area contributed by atoms with Crippen molar-refractivity contribution in [3.05, 3.63) is 0 Å². The Balaban J connectivity index is 0. The zero-order valence-electron chi connectivity index (χ0n) is 10.6. The van der Waals surface area contributed by atoms with Crippen molar-refractivity contribution in [1.82, 2.24) is 15.4 Å². The monoisotopic (exact) mass is 378 g/mol. The van der Waals surface area contributed by atoms with E-state index < -0.39 is 10.0 Å².